The normalized spacial score (nSPS) is 9.67. The van der Waals surface area contributed by atoms with Crippen molar-refractivity contribution in [3.8, 4) is 5.69 Å². The predicted molar refractivity (Wildman–Crippen MR) is 54.2 cm³/mol. The second-order valence-electron chi connectivity index (χ2n) is 2.68. The Morgan fingerprint density at radius 1 is 1.47 bits per heavy atom. The molecule has 0 aliphatic heterocycles. The molecule has 0 saturated carbocycles. The van der Waals surface area contributed by atoms with Crippen LogP contribution < -0.4 is 0 Å². The monoisotopic (exact) mass is 220 g/mol. The third-order valence-corrected chi connectivity index (χ3v) is 2.07. The van der Waals surface area contributed by atoms with Crippen molar-refractivity contribution in [3.05, 3.63) is 35.9 Å². The van der Waals surface area contributed by atoms with Crippen molar-refractivity contribution in [1.29, 1.82) is 0 Å². The van der Waals surface area contributed by atoms with E-state index in [9.17, 15) is 4.79 Å². The lowest BCUT2D eigenvalue weighted by Crippen LogP contribution is -1.94. The summed E-state index contributed by atoms with van der Waals surface area (Å²) in [6.07, 6.45) is 4.39. The van der Waals surface area contributed by atoms with Gasteiger partial charge in [0.15, 0.2) is 0 Å². The quantitative estimate of drug-likeness (QED) is 0.574. The van der Waals surface area contributed by atoms with Crippen LogP contribution in [-0.2, 0) is 4.79 Å². The largest absolute Gasteiger partial charge is 0.240 e. The van der Waals surface area contributed by atoms with Gasteiger partial charge in [-0.3, -0.25) is 0 Å². The van der Waals surface area contributed by atoms with E-state index < -0.39 is 0 Å². The van der Waals surface area contributed by atoms with Gasteiger partial charge < -0.3 is 0 Å². The minimum absolute atomic E-state index is 0.442. The Morgan fingerprint density at radius 3 is 2.93 bits per heavy atom. The molecule has 0 unspecified atom stereocenters. The van der Waals surface area contributed by atoms with Gasteiger partial charge in [0, 0.05) is 0 Å². The average Bonchev–Trinajstić information content (AvgIpc) is 2.71. The van der Waals surface area contributed by atoms with Gasteiger partial charge in [-0.2, -0.15) is 10.1 Å². The van der Waals surface area contributed by atoms with Crippen LogP contribution in [0, 0.1) is 0 Å². The summed E-state index contributed by atoms with van der Waals surface area (Å²) < 4.78 is 1.52. The molecular weight excluding hydrogens is 216 g/mol. The number of rotatable bonds is 2. The zero-order valence-electron chi connectivity index (χ0n) is 7.46. The smallest absolute Gasteiger partial charge is 0.223 e. The number of aromatic nitrogens is 3. The summed E-state index contributed by atoms with van der Waals surface area (Å²) >= 11 is 5.98. The van der Waals surface area contributed by atoms with Gasteiger partial charge in [-0.1, -0.05) is 11.6 Å². The van der Waals surface area contributed by atoms with E-state index in [1.165, 1.54) is 23.4 Å². The van der Waals surface area contributed by atoms with Crippen molar-refractivity contribution in [1.82, 2.24) is 14.8 Å². The highest BCUT2D eigenvalue weighted by Gasteiger charge is 2.03. The molecule has 1 heterocycles. The summed E-state index contributed by atoms with van der Waals surface area (Å²) in [6, 6.07) is 4.91. The first-order valence-corrected chi connectivity index (χ1v) is 4.41. The van der Waals surface area contributed by atoms with E-state index in [4.69, 9.17) is 11.6 Å². The summed E-state index contributed by atoms with van der Waals surface area (Å²) in [6.45, 7) is 0. The van der Waals surface area contributed by atoms with E-state index in [1.54, 1.807) is 18.2 Å². The maximum absolute atomic E-state index is 10.0. The first kappa shape index (κ1) is 9.58. The van der Waals surface area contributed by atoms with Crippen molar-refractivity contribution in [2.75, 3.05) is 0 Å². The highest BCUT2D eigenvalue weighted by atomic mass is 35.5. The van der Waals surface area contributed by atoms with Crippen LogP contribution in [-0.4, -0.2) is 20.8 Å². The third kappa shape index (κ3) is 1.93. The lowest BCUT2D eigenvalue weighted by Gasteiger charge is -2.02. The van der Waals surface area contributed by atoms with Crippen LogP contribution in [0.15, 0.2) is 35.8 Å². The average molecular weight is 221 g/mol. The van der Waals surface area contributed by atoms with Crippen LogP contribution in [0.25, 0.3) is 5.69 Å². The Morgan fingerprint density at radius 2 is 2.33 bits per heavy atom. The molecule has 6 heteroatoms. The first-order chi connectivity index (χ1) is 7.31. The minimum Gasteiger partial charge on any atom is -0.223 e. The lowest BCUT2D eigenvalue weighted by molar-refractivity contribution is 0.565. The first-order valence-electron chi connectivity index (χ1n) is 4.03. The molecule has 0 aliphatic rings. The second-order valence-corrected chi connectivity index (χ2v) is 3.09. The SMILES string of the molecule is O=C=Nc1ccc(-n2cncn2)c(Cl)c1. The number of aliphatic imine (C=N–C) groups is 1. The number of isocyanates is 1. The molecule has 0 saturated heterocycles. The van der Waals surface area contributed by atoms with Gasteiger partial charge in [-0.15, -0.1) is 0 Å². The van der Waals surface area contributed by atoms with Crippen LogP contribution in [0.3, 0.4) is 0 Å². The number of halogens is 1. The molecule has 0 spiro atoms. The van der Waals surface area contributed by atoms with Crippen molar-refractivity contribution >= 4 is 23.4 Å². The standard InChI is InChI=1S/C9H5ClN4O/c10-8-3-7(12-6-15)1-2-9(8)14-5-11-4-13-14/h1-5H. The van der Waals surface area contributed by atoms with E-state index >= 15 is 0 Å². The van der Waals surface area contributed by atoms with Gasteiger partial charge in [0.25, 0.3) is 0 Å². The molecule has 2 rings (SSSR count). The maximum Gasteiger partial charge on any atom is 0.240 e. The fraction of sp³-hybridized carbons (Fsp3) is 0. The van der Waals surface area contributed by atoms with Crippen LogP contribution in [0.1, 0.15) is 0 Å². The van der Waals surface area contributed by atoms with Gasteiger partial charge in [-0.05, 0) is 18.2 Å². The molecule has 1 aromatic carbocycles. The van der Waals surface area contributed by atoms with E-state index in [0.29, 0.717) is 16.4 Å². The lowest BCUT2D eigenvalue weighted by atomic mass is 10.3. The van der Waals surface area contributed by atoms with Gasteiger partial charge in [-0.25, -0.2) is 14.5 Å². The van der Waals surface area contributed by atoms with Crippen LogP contribution in [0.2, 0.25) is 5.02 Å². The van der Waals surface area contributed by atoms with Gasteiger partial charge >= 0.3 is 0 Å². The molecule has 0 aliphatic carbocycles. The van der Waals surface area contributed by atoms with Crippen LogP contribution >= 0.6 is 11.6 Å². The van der Waals surface area contributed by atoms with Crippen LogP contribution in [0.5, 0.6) is 0 Å². The minimum atomic E-state index is 0.442. The second kappa shape index (κ2) is 4.04. The number of hydrogen-bond acceptors (Lipinski definition) is 4. The summed E-state index contributed by atoms with van der Waals surface area (Å²) in [5.74, 6) is 0. The predicted octanol–water partition coefficient (Wildman–Crippen LogP) is 1.89. The Bertz CT molecular complexity index is 517. The van der Waals surface area contributed by atoms with Crippen molar-refractivity contribution in [2.45, 2.75) is 0 Å². The molecule has 0 N–H and O–H groups in total. The molecular formula is C9H5ClN4O. The summed E-state index contributed by atoms with van der Waals surface area (Å²) in [5, 5.41) is 4.38. The molecule has 0 radical (unpaired) electrons. The molecule has 0 bridgehead atoms. The van der Waals surface area contributed by atoms with Gasteiger partial charge in [0.1, 0.15) is 12.7 Å². The summed E-state index contributed by atoms with van der Waals surface area (Å²) in [5.41, 5.74) is 1.14. The molecule has 15 heavy (non-hydrogen) atoms. The van der Waals surface area contributed by atoms with E-state index in [2.05, 4.69) is 15.1 Å². The third-order valence-electron chi connectivity index (χ3n) is 1.77. The molecule has 5 nitrogen and oxygen atoms in total. The van der Waals surface area contributed by atoms with E-state index in [-0.39, 0.29) is 0 Å². The summed E-state index contributed by atoms with van der Waals surface area (Å²) in [7, 11) is 0. The van der Waals surface area contributed by atoms with Gasteiger partial charge in [0.2, 0.25) is 6.08 Å². The van der Waals surface area contributed by atoms with Crippen molar-refractivity contribution in [3.63, 3.8) is 0 Å². The highest BCUT2D eigenvalue weighted by molar-refractivity contribution is 6.32. The van der Waals surface area contributed by atoms with Crippen LogP contribution in [0.4, 0.5) is 5.69 Å². The highest BCUT2D eigenvalue weighted by Crippen LogP contribution is 2.24. The number of benzene rings is 1. The Hall–Kier alpha value is -1.97. The topological polar surface area (TPSA) is 60.1 Å². The molecule has 1 aromatic heterocycles. The van der Waals surface area contributed by atoms with Crippen molar-refractivity contribution < 1.29 is 4.79 Å². The van der Waals surface area contributed by atoms with Gasteiger partial charge in [0.05, 0.1) is 16.4 Å². The number of hydrogen-bond donors (Lipinski definition) is 0. The molecule has 0 fully saturated rings. The number of nitrogens with zero attached hydrogens (tertiary/aromatic N) is 4. The fourth-order valence-electron chi connectivity index (χ4n) is 1.14. The molecule has 0 amide bonds. The Balaban J connectivity index is 2.48. The van der Waals surface area contributed by atoms with Crippen molar-refractivity contribution in [2.24, 2.45) is 4.99 Å². The van der Waals surface area contributed by atoms with E-state index in [0.717, 1.165) is 0 Å². The maximum atomic E-state index is 10.0. The Labute approximate surface area is 90.0 Å². The summed E-state index contributed by atoms with van der Waals surface area (Å²) in [4.78, 5) is 17.3. The zero-order chi connectivity index (χ0) is 10.7. The molecule has 2 aromatic rings. The Kier molecular flexibility index (Phi) is 2.58. The fourth-order valence-corrected chi connectivity index (χ4v) is 1.40. The molecule has 74 valence electrons. The number of carbonyl (C=O) groups excluding carboxylic acids is 1. The van der Waals surface area contributed by atoms with E-state index in [1.807, 2.05) is 0 Å². The molecule has 0 atom stereocenters. The zero-order valence-corrected chi connectivity index (χ0v) is 8.22.